The first-order valence-corrected chi connectivity index (χ1v) is 13.2. The molecule has 2 aromatic carbocycles. The van der Waals surface area contributed by atoms with Crippen LogP contribution in [-0.4, -0.2) is 83.2 Å². The van der Waals surface area contributed by atoms with E-state index in [2.05, 4.69) is 30.8 Å². The molecule has 1 aliphatic rings. The van der Waals surface area contributed by atoms with E-state index in [-0.39, 0.29) is 35.0 Å². The van der Waals surface area contributed by atoms with Crippen LogP contribution in [0.3, 0.4) is 0 Å². The van der Waals surface area contributed by atoms with E-state index in [4.69, 9.17) is 5.11 Å². The summed E-state index contributed by atoms with van der Waals surface area (Å²) in [5, 5.41) is 16.2. The van der Waals surface area contributed by atoms with E-state index in [9.17, 15) is 27.6 Å². The predicted molar refractivity (Wildman–Crippen MR) is 154 cm³/mol. The lowest BCUT2D eigenvalue weighted by atomic mass is 10.0. The highest BCUT2D eigenvalue weighted by Crippen LogP contribution is 2.34. The van der Waals surface area contributed by atoms with E-state index in [0.717, 1.165) is 30.4 Å². The SMILES string of the molecule is Cc1ccc(NC(=O)c2ccc(CN3CCN(C)CC3)c(C(F)(F)F)c2)cc1NC(=O)N(C)c1cc(NC(=O)O)ncn1. The zero-order chi connectivity index (χ0) is 31.3. The van der Waals surface area contributed by atoms with Crippen LogP contribution in [0, 0.1) is 6.92 Å². The summed E-state index contributed by atoms with van der Waals surface area (Å²) in [7, 11) is 3.38. The van der Waals surface area contributed by atoms with Gasteiger partial charge in [-0.05, 0) is 49.4 Å². The number of rotatable bonds is 7. The number of nitrogens with zero attached hydrogens (tertiary/aromatic N) is 5. The Bertz CT molecular complexity index is 1510. The summed E-state index contributed by atoms with van der Waals surface area (Å²) in [6.45, 7) is 4.69. The molecule has 0 spiro atoms. The van der Waals surface area contributed by atoms with Crippen molar-refractivity contribution in [1.29, 1.82) is 0 Å². The van der Waals surface area contributed by atoms with Gasteiger partial charge < -0.3 is 20.6 Å². The normalized spacial score (nSPS) is 14.2. The molecule has 15 heteroatoms. The summed E-state index contributed by atoms with van der Waals surface area (Å²) in [4.78, 5) is 49.7. The van der Waals surface area contributed by atoms with Gasteiger partial charge in [-0.15, -0.1) is 0 Å². The average molecular weight is 601 g/mol. The van der Waals surface area contributed by atoms with E-state index < -0.39 is 29.8 Å². The van der Waals surface area contributed by atoms with Crippen molar-refractivity contribution >= 4 is 41.0 Å². The summed E-state index contributed by atoms with van der Waals surface area (Å²) in [5.41, 5.74) is 0.306. The number of nitrogens with one attached hydrogen (secondary N) is 3. The number of carbonyl (C=O) groups excluding carboxylic acids is 2. The van der Waals surface area contributed by atoms with Crippen LogP contribution < -0.4 is 20.9 Å². The Kier molecular flexibility index (Phi) is 9.46. The first-order chi connectivity index (χ1) is 20.3. The average Bonchev–Trinajstić information content (AvgIpc) is 2.95. The third-order valence-electron chi connectivity index (χ3n) is 6.94. The van der Waals surface area contributed by atoms with Gasteiger partial charge in [-0.1, -0.05) is 12.1 Å². The van der Waals surface area contributed by atoms with Gasteiger partial charge in [0.05, 0.1) is 5.56 Å². The maximum absolute atomic E-state index is 14.0. The molecule has 1 aromatic heterocycles. The largest absolute Gasteiger partial charge is 0.465 e. The Morgan fingerprint density at radius 1 is 0.977 bits per heavy atom. The minimum absolute atomic E-state index is 0.0286. The molecular formula is C28H31F3N8O4. The molecule has 0 atom stereocenters. The number of carboxylic acid groups (broad SMARTS) is 1. The van der Waals surface area contributed by atoms with E-state index >= 15 is 0 Å². The van der Waals surface area contributed by atoms with Crippen molar-refractivity contribution in [2.45, 2.75) is 19.6 Å². The number of amides is 4. The van der Waals surface area contributed by atoms with E-state index in [1.54, 1.807) is 19.1 Å². The third-order valence-corrected chi connectivity index (χ3v) is 6.94. The topological polar surface area (TPSA) is 143 Å². The van der Waals surface area contributed by atoms with E-state index in [0.29, 0.717) is 24.3 Å². The Balaban J connectivity index is 1.47. The van der Waals surface area contributed by atoms with Crippen molar-refractivity contribution in [3.63, 3.8) is 0 Å². The smallest absolute Gasteiger partial charge is 0.416 e. The van der Waals surface area contributed by atoms with Crippen LogP contribution in [0.5, 0.6) is 0 Å². The zero-order valence-electron chi connectivity index (χ0n) is 23.7. The summed E-state index contributed by atoms with van der Waals surface area (Å²) in [6, 6.07) is 8.89. The quantitative estimate of drug-likeness (QED) is 0.309. The Hall–Kier alpha value is -4.76. The monoisotopic (exact) mass is 600 g/mol. The van der Waals surface area contributed by atoms with E-state index in [1.807, 2.05) is 11.9 Å². The molecule has 228 valence electrons. The standard InChI is InChI=1S/C28H31F3N8O4/c1-17-4-7-20(13-22(17)35-26(41)38(3)24-14-23(32-16-33-24)36-27(42)43)34-25(40)18-5-6-19(21(12-18)28(29,30)31)15-39-10-8-37(2)9-11-39/h4-7,12-14,16H,8-11,15H2,1-3H3,(H,34,40)(H,35,41)(H,42,43)(H,32,33,36). The van der Waals surface area contributed by atoms with Gasteiger partial charge in [0.25, 0.3) is 5.91 Å². The third kappa shape index (κ3) is 8.17. The molecule has 3 aromatic rings. The number of likely N-dealkylation sites (N-methyl/N-ethyl adjacent to an activating group) is 1. The highest BCUT2D eigenvalue weighted by molar-refractivity contribution is 6.05. The minimum Gasteiger partial charge on any atom is -0.465 e. The summed E-state index contributed by atoms with van der Waals surface area (Å²) in [5.74, 6) is -0.664. The summed E-state index contributed by atoms with van der Waals surface area (Å²) in [6.07, 6.45) is -4.88. The molecule has 0 radical (unpaired) electrons. The van der Waals surface area contributed by atoms with Gasteiger partial charge in [-0.2, -0.15) is 13.2 Å². The maximum atomic E-state index is 14.0. The molecule has 2 heterocycles. The molecule has 0 aliphatic carbocycles. The molecule has 4 N–H and O–H groups in total. The maximum Gasteiger partial charge on any atom is 0.416 e. The second-order valence-electron chi connectivity index (χ2n) is 10.1. The van der Waals surface area contributed by atoms with Gasteiger partial charge in [0, 0.05) is 62.8 Å². The molecule has 1 saturated heterocycles. The molecule has 0 saturated carbocycles. The van der Waals surface area contributed by atoms with Gasteiger partial charge in [0.2, 0.25) is 0 Å². The molecule has 43 heavy (non-hydrogen) atoms. The van der Waals surface area contributed by atoms with Crippen molar-refractivity contribution in [3.05, 3.63) is 71.0 Å². The van der Waals surface area contributed by atoms with Crippen molar-refractivity contribution in [1.82, 2.24) is 19.8 Å². The first-order valence-electron chi connectivity index (χ1n) is 13.2. The molecule has 0 bridgehead atoms. The lowest BCUT2D eigenvalue weighted by Crippen LogP contribution is -2.44. The van der Waals surface area contributed by atoms with Gasteiger partial charge in [-0.25, -0.2) is 19.6 Å². The fourth-order valence-electron chi connectivity index (χ4n) is 4.42. The number of anilines is 4. The molecular weight excluding hydrogens is 569 g/mol. The van der Waals surface area contributed by atoms with Gasteiger partial charge in [0.15, 0.2) is 0 Å². The summed E-state index contributed by atoms with van der Waals surface area (Å²) < 4.78 is 41.9. The molecule has 12 nitrogen and oxygen atoms in total. The number of alkyl halides is 3. The molecule has 0 unspecified atom stereocenters. The number of carbonyl (C=O) groups is 3. The number of aryl methyl sites for hydroxylation is 1. The Morgan fingerprint density at radius 2 is 1.70 bits per heavy atom. The number of halogens is 3. The Morgan fingerprint density at radius 3 is 2.37 bits per heavy atom. The van der Waals surface area contributed by atoms with Crippen LogP contribution in [0.1, 0.15) is 27.0 Å². The van der Waals surface area contributed by atoms with E-state index in [1.165, 1.54) is 31.3 Å². The number of urea groups is 1. The highest BCUT2D eigenvalue weighted by atomic mass is 19.4. The van der Waals surface area contributed by atoms with Crippen LogP contribution in [0.15, 0.2) is 48.8 Å². The van der Waals surface area contributed by atoms with Crippen LogP contribution in [-0.2, 0) is 12.7 Å². The number of piperazine rings is 1. The fourth-order valence-corrected chi connectivity index (χ4v) is 4.42. The molecule has 1 fully saturated rings. The first kappa shape index (κ1) is 31.2. The number of hydrogen-bond acceptors (Lipinski definition) is 7. The van der Waals surface area contributed by atoms with Gasteiger partial charge in [-0.3, -0.25) is 19.9 Å². The fraction of sp³-hybridized carbons (Fsp3) is 0.321. The molecule has 4 rings (SSSR count). The van der Waals surface area contributed by atoms with Crippen LogP contribution in [0.25, 0.3) is 0 Å². The second-order valence-corrected chi connectivity index (χ2v) is 10.1. The van der Waals surface area contributed by atoms with Crippen molar-refractivity contribution in [2.24, 2.45) is 0 Å². The number of hydrogen-bond donors (Lipinski definition) is 4. The molecule has 4 amide bonds. The Labute approximate surface area is 245 Å². The van der Waals surface area contributed by atoms with Crippen LogP contribution in [0.4, 0.5) is 45.8 Å². The lowest BCUT2D eigenvalue weighted by Gasteiger charge is -2.33. The predicted octanol–water partition coefficient (Wildman–Crippen LogP) is 4.56. The highest BCUT2D eigenvalue weighted by Gasteiger charge is 2.34. The summed E-state index contributed by atoms with van der Waals surface area (Å²) >= 11 is 0. The lowest BCUT2D eigenvalue weighted by molar-refractivity contribution is -0.138. The zero-order valence-corrected chi connectivity index (χ0v) is 23.7. The van der Waals surface area contributed by atoms with Crippen molar-refractivity contribution < 1.29 is 32.7 Å². The van der Waals surface area contributed by atoms with Crippen LogP contribution >= 0.6 is 0 Å². The van der Waals surface area contributed by atoms with Gasteiger partial charge in [0.1, 0.15) is 18.0 Å². The molecule has 1 aliphatic heterocycles. The number of aromatic nitrogens is 2. The van der Waals surface area contributed by atoms with Gasteiger partial charge >= 0.3 is 18.3 Å². The second kappa shape index (κ2) is 13.0. The van der Waals surface area contributed by atoms with Crippen LogP contribution in [0.2, 0.25) is 0 Å². The minimum atomic E-state index is -4.64. The van der Waals surface area contributed by atoms with Crippen molar-refractivity contribution in [3.8, 4) is 0 Å². The number of benzene rings is 2. The van der Waals surface area contributed by atoms with Crippen molar-refractivity contribution in [2.75, 3.05) is 61.1 Å².